The molecular formula is C19H29F3NO5P. The lowest BCUT2D eigenvalue weighted by Gasteiger charge is -2.18. The van der Waals surface area contributed by atoms with Gasteiger partial charge in [0.1, 0.15) is 11.9 Å². The first-order chi connectivity index (χ1) is 13.6. The zero-order valence-electron chi connectivity index (χ0n) is 16.5. The topological polar surface area (TPSA) is 88.0 Å². The summed E-state index contributed by atoms with van der Waals surface area (Å²) in [6, 6.07) is 3.74. The lowest BCUT2D eigenvalue weighted by atomic mass is 10.00. The largest absolute Gasteiger partial charge is 0.489 e. The molecule has 0 bridgehead atoms. The van der Waals surface area contributed by atoms with Crippen LogP contribution < -0.4 is 10.1 Å². The van der Waals surface area contributed by atoms with Crippen molar-refractivity contribution in [2.75, 3.05) is 13.2 Å². The van der Waals surface area contributed by atoms with Crippen LogP contribution in [0.5, 0.6) is 5.75 Å². The first kappa shape index (κ1) is 24.2. The maximum absolute atomic E-state index is 13.5. The molecule has 0 radical (unpaired) electrons. The van der Waals surface area contributed by atoms with Crippen LogP contribution >= 0.6 is 7.82 Å². The van der Waals surface area contributed by atoms with E-state index in [-0.39, 0.29) is 24.0 Å². The first-order valence-corrected chi connectivity index (χ1v) is 11.4. The van der Waals surface area contributed by atoms with Gasteiger partial charge in [-0.3, -0.25) is 4.52 Å². The number of rotatable bonds is 11. The quantitative estimate of drug-likeness (QED) is 0.349. The zero-order valence-corrected chi connectivity index (χ0v) is 17.3. The number of phosphoric acid groups is 1. The van der Waals surface area contributed by atoms with E-state index in [0.29, 0.717) is 19.4 Å². The summed E-state index contributed by atoms with van der Waals surface area (Å²) < 4.78 is 61.3. The highest BCUT2D eigenvalue weighted by Gasteiger charge is 2.34. The third-order valence-corrected chi connectivity index (χ3v) is 5.35. The average Bonchev–Trinajstić information content (AvgIpc) is 3.07. The molecule has 0 aromatic heterocycles. The first-order valence-electron chi connectivity index (χ1n) is 9.88. The third-order valence-electron chi connectivity index (χ3n) is 4.86. The van der Waals surface area contributed by atoms with Gasteiger partial charge in [-0.1, -0.05) is 38.7 Å². The Balaban J connectivity index is 1.95. The van der Waals surface area contributed by atoms with Crippen molar-refractivity contribution in [2.24, 2.45) is 0 Å². The Morgan fingerprint density at radius 1 is 1.21 bits per heavy atom. The van der Waals surface area contributed by atoms with Gasteiger partial charge in [-0.25, -0.2) is 4.57 Å². The van der Waals surface area contributed by atoms with Crippen molar-refractivity contribution in [3.05, 3.63) is 29.3 Å². The minimum atomic E-state index is -4.56. The van der Waals surface area contributed by atoms with Crippen molar-refractivity contribution in [2.45, 2.75) is 70.2 Å². The molecule has 29 heavy (non-hydrogen) atoms. The van der Waals surface area contributed by atoms with Gasteiger partial charge >= 0.3 is 14.0 Å². The van der Waals surface area contributed by atoms with Crippen molar-refractivity contribution < 1.29 is 36.8 Å². The number of benzene rings is 1. The molecule has 166 valence electrons. The minimum absolute atomic E-state index is 0.135. The zero-order chi connectivity index (χ0) is 21.5. The summed E-state index contributed by atoms with van der Waals surface area (Å²) in [5, 5.41) is 2.98. The van der Waals surface area contributed by atoms with Gasteiger partial charge in [0.05, 0.1) is 12.2 Å². The molecule has 0 aliphatic carbocycles. The molecule has 1 aliphatic heterocycles. The molecule has 0 saturated carbocycles. The lowest BCUT2D eigenvalue weighted by molar-refractivity contribution is -0.138. The molecule has 1 aromatic rings. The predicted octanol–water partition coefficient (Wildman–Crippen LogP) is 4.44. The fourth-order valence-electron chi connectivity index (χ4n) is 3.41. The van der Waals surface area contributed by atoms with E-state index in [4.69, 9.17) is 14.5 Å². The molecular weight excluding hydrogens is 410 g/mol. The number of phosphoric ester groups is 1. The maximum atomic E-state index is 13.5. The van der Waals surface area contributed by atoms with Gasteiger partial charge < -0.3 is 19.8 Å². The maximum Gasteiger partial charge on any atom is 0.469 e. The number of aryl methyl sites for hydroxylation is 1. The number of alkyl halides is 3. The number of unbranched alkanes of at least 4 members (excludes halogenated alkanes) is 4. The van der Waals surface area contributed by atoms with Gasteiger partial charge in [-0.2, -0.15) is 13.2 Å². The summed E-state index contributed by atoms with van der Waals surface area (Å²) in [6.07, 6.45) is 0.739. The van der Waals surface area contributed by atoms with E-state index in [1.165, 1.54) is 6.07 Å². The second-order valence-corrected chi connectivity index (χ2v) is 8.59. The Bertz CT molecular complexity index is 695. The normalized spacial score (nSPS) is 20.2. The number of hydrogen-bond acceptors (Lipinski definition) is 4. The van der Waals surface area contributed by atoms with E-state index < -0.39 is 25.7 Å². The summed E-state index contributed by atoms with van der Waals surface area (Å²) in [6.45, 7) is 2.25. The summed E-state index contributed by atoms with van der Waals surface area (Å²) in [5.41, 5.74) is -0.392. The summed E-state index contributed by atoms with van der Waals surface area (Å²) >= 11 is 0. The van der Waals surface area contributed by atoms with Gasteiger partial charge in [0.25, 0.3) is 0 Å². The molecule has 6 nitrogen and oxygen atoms in total. The second-order valence-electron chi connectivity index (χ2n) is 7.35. The van der Waals surface area contributed by atoms with Gasteiger partial charge in [-0.15, -0.1) is 0 Å². The monoisotopic (exact) mass is 439 g/mol. The Labute approximate surface area is 169 Å². The molecule has 2 rings (SSSR count). The lowest BCUT2D eigenvalue weighted by Crippen LogP contribution is -2.26. The number of ether oxygens (including phenoxy) is 1. The second kappa shape index (κ2) is 10.8. The minimum Gasteiger partial charge on any atom is -0.489 e. The Morgan fingerprint density at radius 3 is 2.59 bits per heavy atom. The van der Waals surface area contributed by atoms with E-state index in [2.05, 4.69) is 16.8 Å². The SMILES string of the molecule is CCCCCCCc1ccc(OC2CN[C@H](COP(=O)(O)O)C2)cc1C(F)(F)F. The molecule has 10 heteroatoms. The van der Waals surface area contributed by atoms with Crippen LogP contribution in [-0.4, -0.2) is 35.1 Å². The standard InChI is InChI=1S/C19H29F3NO5P/c1-2-3-4-5-6-7-14-8-9-16(11-18(14)19(20,21)22)28-17-10-15(23-12-17)13-27-29(24,25)26/h8-9,11,15,17,23H,2-7,10,12-13H2,1H3,(H2,24,25,26)/t15-,17?/m0/s1. The van der Waals surface area contributed by atoms with Crippen molar-refractivity contribution in [3.8, 4) is 5.75 Å². The van der Waals surface area contributed by atoms with Crippen LogP contribution in [0.25, 0.3) is 0 Å². The van der Waals surface area contributed by atoms with E-state index in [1.807, 2.05) is 0 Å². The van der Waals surface area contributed by atoms with Gasteiger partial charge in [0, 0.05) is 19.0 Å². The van der Waals surface area contributed by atoms with Crippen LogP contribution in [0.15, 0.2) is 18.2 Å². The number of nitrogens with one attached hydrogen (secondary N) is 1. The van der Waals surface area contributed by atoms with Crippen molar-refractivity contribution in [1.82, 2.24) is 5.32 Å². The molecule has 1 aromatic carbocycles. The molecule has 2 atom stereocenters. The Kier molecular flexibility index (Phi) is 8.97. The van der Waals surface area contributed by atoms with Crippen molar-refractivity contribution >= 4 is 7.82 Å². The van der Waals surface area contributed by atoms with E-state index in [9.17, 15) is 17.7 Å². The molecule has 1 fully saturated rings. The summed E-state index contributed by atoms with van der Waals surface area (Å²) in [7, 11) is -4.56. The van der Waals surface area contributed by atoms with Gasteiger partial charge in [0.15, 0.2) is 0 Å². The molecule has 1 aliphatic rings. The summed E-state index contributed by atoms with van der Waals surface area (Å²) in [4.78, 5) is 17.5. The Morgan fingerprint density at radius 2 is 1.93 bits per heavy atom. The van der Waals surface area contributed by atoms with Crippen LogP contribution in [0.3, 0.4) is 0 Å². The van der Waals surface area contributed by atoms with Crippen LogP contribution in [-0.2, 0) is 21.7 Å². The van der Waals surface area contributed by atoms with E-state index in [1.54, 1.807) is 6.07 Å². The predicted molar refractivity (Wildman–Crippen MR) is 103 cm³/mol. The number of hydrogen-bond donors (Lipinski definition) is 3. The summed E-state index contributed by atoms with van der Waals surface area (Å²) in [5.74, 6) is 0.135. The fourth-order valence-corrected chi connectivity index (χ4v) is 3.78. The van der Waals surface area contributed by atoms with E-state index >= 15 is 0 Å². The average molecular weight is 439 g/mol. The van der Waals surface area contributed by atoms with Crippen LogP contribution in [0.2, 0.25) is 0 Å². The Hall–Kier alpha value is -1.12. The molecule has 3 N–H and O–H groups in total. The van der Waals surface area contributed by atoms with E-state index in [0.717, 1.165) is 38.2 Å². The van der Waals surface area contributed by atoms with Crippen LogP contribution in [0.1, 0.15) is 56.6 Å². The molecule has 1 saturated heterocycles. The highest BCUT2D eigenvalue weighted by Crippen LogP contribution is 2.37. The van der Waals surface area contributed by atoms with Crippen LogP contribution in [0.4, 0.5) is 13.2 Å². The molecule has 0 spiro atoms. The van der Waals surface area contributed by atoms with Crippen LogP contribution in [0, 0.1) is 0 Å². The smallest absolute Gasteiger partial charge is 0.469 e. The molecule has 1 unspecified atom stereocenters. The molecule has 1 heterocycles. The van der Waals surface area contributed by atoms with Crippen molar-refractivity contribution in [3.63, 3.8) is 0 Å². The number of halogens is 3. The third kappa shape index (κ3) is 8.64. The van der Waals surface area contributed by atoms with Crippen molar-refractivity contribution in [1.29, 1.82) is 0 Å². The molecule has 0 amide bonds. The highest BCUT2D eigenvalue weighted by molar-refractivity contribution is 7.46. The fraction of sp³-hybridized carbons (Fsp3) is 0.684. The van der Waals surface area contributed by atoms with Gasteiger partial charge in [0.2, 0.25) is 0 Å². The van der Waals surface area contributed by atoms with Gasteiger partial charge in [-0.05, 0) is 30.5 Å². The highest BCUT2D eigenvalue weighted by atomic mass is 31.2.